The molecule has 0 aromatic heterocycles. The first kappa shape index (κ1) is 11.2. The van der Waals surface area contributed by atoms with E-state index in [-0.39, 0.29) is 17.8 Å². The summed E-state index contributed by atoms with van der Waals surface area (Å²) in [6, 6.07) is 0. The number of esters is 1. The van der Waals surface area contributed by atoms with Gasteiger partial charge in [0.15, 0.2) is 0 Å². The largest absolute Gasteiger partial charge is 0.481 e. The van der Waals surface area contributed by atoms with Crippen LogP contribution in [0.1, 0.15) is 19.8 Å². The van der Waals surface area contributed by atoms with Crippen LogP contribution in [0.15, 0.2) is 12.2 Å². The molecule has 0 heterocycles. The number of fused-ring (bicyclic) bond motifs is 2. The van der Waals surface area contributed by atoms with Crippen molar-refractivity contribution in [3.8, 4) is 0 Å². The maximum absolute atomic E-state index is 11.8. The summed E-state index contributed by atoms with van der Waals surface area (Å²) in [6.45, 7) is 2.30. The SMILES string of the molecule is CCCOC(=O)[C@H]1[C@@H](C(=O)O)[C@H]2C=C[C@H]1C2. The molecule has 0 amide bonds. The van der Waals surface area contributed by atoms with Crippen molar-refractivity contribution in [1.82, 2.24) is 0 Å². The summed E-state index contributed by atoms with van der Waals surface area (Å²) in [4.78, 5) is 22.9. The molecule has 1 saturated carbocycles. The van der Waals surface area contributed by atoms with Gasteiger partial charge in [-0.3, -0.25) is 9.59 Å². The number of hydrogen-bond acceptors (Lipinski definition) is 3. The smallest absolute Gasteiger partial charge is 0.310 e. The number of ether oxygens (including phenoxy) is 1. The molecular formula is C12H16O4. The van der Waals surface area contributed by atoms with Gasteiger partial charge in [0.2, 0.25) is 0 Å². The molecule has 2 aliphatic carbocycles. The van der Waals surface area contributed by atoms with Gasteiger partial charge in [-0.15, -0.1) is 0 Å². The Hall–Kier alpha value is -1.32. The number of carboxylic acid groups (broad SMARTS) is 1. The number of carboxylic acids is 1. The molecule has 2 aliphatic rings. The van der Waals surface area contributed by atoms with Crippen LogP contribution in [-0.2, 0) is 14.3 Å². The van der Waals surface area contributed by atoms with Crippen LogP contribution in [0.2, 0.25) is 0 Å². The lowest BCUT2D eigenvalue weighted by atomic mass is 9.83. The summed E-state index contributed by atoms with van der Waals surface area (Å²) in [5.74, 6) is -2.20. The van der Waals surface area contributed by atoms with Gasteiger partial charge < -0.3 is 9.84 Å². The van der Waals surface area contributed by atoms with E-state index in [0.29, 0.717) is 6.61 Å². The van der Waals surface area contributed by atoms with Crippen molar-refractivity contribution in [2.24, 2.45) is 23.7 Å². The topological polar surface area (TPSA) is 63.6 Å². The third-order valence-electron chi connectivity index (χ3n) is 3.47. The Labute approximate surface area is 94.3 Å². The standard InChI is InChI=1S/C12H16O4/c1-2-5-16-12(15)10-8-4-3-7(6-8)9(10)11(13)14/h3-4,7-10H,2,5-6H2,1H3,(H,13,14)/t7-,8-,9-,10+/m0/s1. The summed E-state index contributed by atoms with van der Waals surface area (Å²) in [5, 5.41) is 9.14. The van der Waals surface area contributed by atoms with E-state index in [1.54, 1.807) is 0 Å². The Morgan fingerprint density at radius 3 is 2.50 bits per heavy atom. The Morgan fingerprint density at radius 2 is 1.94 bits per heavy atom. The zero-order valence-electron chi connectivity index (χ0n) is 9.26. The van der Waals surface area contributed by atoms with E-state index in [4.69, 9.17) is 9.84 Å². The van der Waals surface area contributed by atoms with Gasteiger partial charge in [0.25, 0.3) is 0 Å². The van der Waals surface area contributed by atoms with Gasteiger partial charge in [-0.25, -0.2) is 0 Å². The fraction of sp³-hybridized carbons (Fsp3) is 0.667. The first-order chi connectivity index (χ1) is 7.65. The zero-order chi connectivity index (χ0) is 11.7. The summed E-state index contributed by atoms with van der Waals surface area (Å²) in [5.41, 5.74) is 0. The number of carbonyl (C=O) groups excluding carboxylic acids is 1. The van der Waals surface area contributed by atoms with E-state index < -0.39 is 17.8 Å². The summed E-state index contributed by atoms with van der Waals surface area (Å²) in [6.07, 6.45) is 5.43. The number of hydrogen-bond donors (Lipinski definition) is 1. The Morgan fingerprint density at radius 1 is 1.31 bits per heavy atom. The van der Waals surface area contributed by atoms with Gasteiger partial charge in [-0.2, -0.15) is 0 Å². The minimum Gasteiger partial charge on any atom is -0.481 e. The highest BCUT2D eigenvalue weighted by Gasteiger charge is 2.52. The van der Waals surface area contributed by atoms with Gasteiger partial charge >= 0.3 is 11.9 Å². The van der Waals surface area contributed by atoms with Crippen LogP contribution in [0.5, 0.6) is 0 Å². The van der Waals surface area contributed by atoms with Crippen LogP contribution in [0, 0.1) is 23.7 Å². The second-order valence-corrected chi connectivity index (χ2v) is 4.51. The first-order valence-corrected chi connectivity index (χ1v) is 5.73. The number of carbonyl (C=O) groups is 2. The molecule has 0 radical (unpaired) electrons. The van der Waals surface area contributed by atoms with E-state index in [1.807, 2.05) is 19.1 Å². The normalized spacial score (nSPS) is 35.3. The van der Waals surface area contributed by atoms with Crippen LogP contribution in [0.4, 0.5) is 0 Å². The van der Waals surface area contributed by atoms with E-state index in [0.717, 1.165) is 12.8 Å². The van der Waals surface area contributed by atoms with Crippen LogP contribution in [0.25, 0.3) is 0 Å². The molecule has 0 aromatic rings. The highest BCUT2D eigenvalue weighted by molar-refractivity contribution is 5.83. The van der Waals surface area contributed by atoms with Crippen molar-refractivity contribution in [2.45, 2.75) is 19.8 Å². The van der Waals surface area contributed by atoms with Crippen molar-refractivity contribution in [3.05, 3.63) is 12.2 Å². The zero-order valence-corrected chi connectivity index (χ0v) is 9.26. The fourth-order valence-electron chi connectivity index (χ4n) is 2.78. The average Bonchev–Trinajstić information content (AvgIpc) is 2.84. The van der Waals surface area contributed by atoms with Gasteiger partial charge in [0.05, 0.1) is 18.4 Å². The summed E-state index contributed by atoms with van der Waals surface area (Å²) >= 11 is 0. The molecule has 0 spiro atoms. The van der Waals surface area contributed by atoms with E-state index >= 15 is 0 Å². The second kappa shape index (κ2) is 4.28. The van der Waals surface area contributed by atoms with Crippen LogP contribution in [0.3, 0.4) is 0 Å². The van der Waals surface area contributed by atoms with Crippen molar-refractivity contribution in [2.75, 3.05) is 6.61 Å². The minimum atomic E-state index is -0.879. The maximum atomic E-state index is 11.8. The number of rotatable bonds is 4. The monoisotopic (exact) mass is 224 g/mol. The molecule has 1 fully saturated rings. The Bertz CT molecular complexity index is 334. The summed E-state index contributed by atoms with van der Waals surface area (Å²) in [7, 11) is 0. The third kappa shape index (κ3) is 1.72. The number of allylic oxidation sites excluding steroid dienone is 2. The molecule has 4 nitrogen and oxygen atoms in total. The summed E-state index contributed by atoms with van der Waals surface area (Å²) < 4.78 is 5.07. The lowest BCUT2D eigenvalue weighted by Gasteiger charge is -2.22. The maximum Gasteiger partial charge on any atom is 0.310 e. The van der Waals surface area contributed by atoms with Crippen molar-refractivity contribution >= 4 is 11.9 Å². The molecule has 16 heavy (non-hydrogen) atoms. The highest BCUT2D eigenvalue weighted by Crippen LogP contribution is 2.48. The first-order valence-electron chi connectivity index (χ1n) is 5.73. The van der Waals surface area contributed by atoms with E-state index in [1.165, 1.54) is 0 Å². The molecule has 0 unspecified atom stereocenters. The Balaban J connectivity index is 2.10. The quantitative estimate of drug-likeness (QED) is 0.580. The molecule has 0 aliphatic heterocycles. The van der Waals surface area contributed by atoms with Crippen LogP contribution in [-0.4, -0.2) is 23.7 Å². The molecule has 4 heteroatoms. The van der Waals surface area contributed by atoms with Gasteiger partial charge in [0.1, 0.15) is 0 Å². The molecule has 2 rings (SSSR count). The van der Waals surface area contributed by atoms with Crippen LogP contribution < -0.4 is 0 Å². The van der Waals surface area contributed by atoms with E-state index in [2.05, 4.69) is 0 Å². The van der Waals surface area contributed by atoms with Crippen molar-refractivity contribution < 1.29 is 19.4 Å². The highest BCUT2D eigenvalue weighted by atomic mass is 16.5. The number of aliphatic carboxylic acids is 1. The molecular weight excluding hydrogens is 208 g/mol. The van der Waals surface area contributed by atoms with Crippen LogP contribution >= 0.6 is 0 Å². The lowest BCUT2D eigenvalue weighted by Crippen LogP contribution is -2.34. The van der Waals surface area contributed by atoms with Crippen molar-refractivity contribution in [3.63, 3.8) is 0 Å². The van der Waals surface area contributed by atoms with Gasteiger partial charge in [0, 0.05) is 0 Å². The van der Waals surface area contributed by atoms with E-state index in [9.17, 15) is 9.59 Å². The molecule has 1 N–H and O–H groups in total. The molecule has 0 saturated heterocycles. The molecule has 0 aromatic carbocycles. The predicted molar refractivity (Wildman–Crippen MR) is 56.6 cm³/mol. The van der Waals surface area contributed by atoms with Crippen molar-refractivity contribution in [1.29, 1.82) is 0 Å². The lowest BCUT2D eigenvalue weighted by molar-refractivity contribution is -0.158. The molecule has 2 bridgehead atoms. The van der Waals surface area contributed by atoms with Gasteiger partial charge in [-0.05, 0) is 24.7 Å². The fourth-order valence-corrected chi connectivity index (χ4v) is 2.78. The minimum absolute atomic E-state index is 0.0154. The molecule has 4 atom stereocenters. The average molecular weight is 224 g/mol. The van der Waals surface area contributed by atoms with Gasteiger partial charge in [-0.1, -0.05) is 19.1 Å². The predicted octanol–water partition coefficient (Wildman–Crippen LogP) is 1.46. The molecule has 88 valence electrons. The Kier molecular flexibility index (Phi) is 2.99. The third-order valence-corrected chi connectivity index (χ3v) is 3.47. The second-order valence-electron chi connectivity index (χ2n) is 4.51.